The topological polar surface area (TPSA) is 72.0 Å². The monoisotopic (exact) mass is 387 g/mol. The molecular formula is C21H29N3O4. The predicted octanol–water partition coefficient (Wildman–Crippen LogP) is 3.30. The molecular weight excluding hydrogens is 358 g/mol. The van der Waals surface area contributed by atoms with E-state index in [2.05, 4.69) is 4.98 Å². The molecule has 1 atom stereocenters. The molecule has 0 N–H and O–H groups in total. The first-order valence-corrected chi connectivity index (χ1v) is 10.1. The van der Waals surface area contributed by atoms with Crippen molar-refractivity contribution in [1.29, 1.82) is 0 Å². The van der Waals surface area contributed by atoms with Gasteiger partial charge in [-0.15, -0.1) is 0 Å². The number of amides is 2. The molecule has 0 unspecified atom stereocenters. The van der Waals surface area contributed by atoms with Gasteiger partial charge >= 0.3 is 6.09 Å². The molecule has 3 aliphatic heterocycles. The largest absolute Gasteiger partial charge is 0.440 e. The van der Waals surface area contributed by atoms with E-state index in [9.17, 15) is 9.59 Å². The van der Waals surface area contributed by atoms with Crippen LogP contribution in [0.1, 0.15) is 58.1 Å². The van der Waals surface area contributed by atoms with E-state index >= 15 is 0 Å². The number of rotatable bonds is 2. The highest BCUT2D eigenvalue weighted by Gasteiger charge is 2.47. The van der Waals surface area contributed by atoms with Crippen LogP contribution in [0.5, 0.6) is 0 Å². The molecule has 4 rings (SSSR count). The van der Waals surface area contributed by atoms with Gasteiger partial charge in [-0.05, 0) is 30.5 Å². The highest BCUT2D eigenvalue weighted by atomic mass is 16.6. The summed E-state index contributed by atoms with van der Waals surface area (Å²) in [6, 6.07) is 3.93. The lowest BCUT2D eigenvalue weighted by molar-refractivity contribution is -0.140. The van der Waals surface area contributed by atoms with Gasteiger partial charge in [0.1, 0.15) is 11.4 Å². The summed E-state index contributed by atoms with van der Waals surface area (Å²) in [4.78, 5) is 33.4. The summed E-state index contributed by atoms with van der Waals surface area (Å²) in [5, 5.41) is 0. The zero-order chi connectivity index (χ0) is 19.9. The van der Waals surface area contributed by atoms with Crippen molar-refractivity contribution in [2.75, 3.05) is 31.2 Å². The average Bonchev–Trinajstić information content (AvgIpc) is 3.26. The molecule has 7 heteroatoms. The summed E-state index contributed by atoms with van der Waals surface area (Å²) in [5.41, 5.74) is 0.155. The Balaban J connectivity index is 1.56. The highest BCUT2D eigenvalue weighted by Crippen LogP contribution is 2.38. The number of aromatic nitrogens is 1. The van der Waals surface area contributed by atoms with Gasteiger partial charge in [0.25, 0.3) is 0 Å². The van der Waals surface area contributed by atoms with Crippen LogP contribution in [0.3, 0.4) is 0 Å². The Morgan fingerprint density at radius 2 is 2.04 bits per heavy atom. The van der Waals surface area contributed by atoms with Crippen LogP contribution in [-0.2, 0) is 14.3 Å². The van der Waals surface area contributed by atoms with E-state index in [1.165, 1.54) is 0 Å². The fourth-order valence-electron chi connectivity index (χ4n) is 4.38. The van der Waals surface area contributed by atoms with E-state index in [-0.39, 0.29) is 18.0 Å². The Labute approximate surface area is 166 Å². The Bertz CT molecular complexity index is 767. The summed E-state index contributed by atoms with van der Waals surface area (Å²) in [7, 11) is 0. The number of hydrogen-bond acceptors (Lipinski definition) is 5. The summed E-state index contributed by atoms with van der Waals surface area (Å²) < 4.78 is 11.1. The number of hydrogen-bond donors (Lipinski definition) is 0. The molecule has 3 aliphatic rings. The number of anilines is 1. The lowest BCUT2D eigenvalue weighted by Crippen LogP contribution is -2.40. The van der Waals surface area contributed by atoms with Gasteiger partial charge in [-0.25, -0.2) is 9.78 Å². The maximum Gasteiger partial charge on any atom is 0.416 e. The standard InChI is InChI=1S/C21H29N3O4/c1-20(2,3)18(25)23-10-4-5-16(23)15-6-9-22-17(13-15)24-14-21(28-19(24)26)7-11-27-12-8-21/h6,9,13,16H,4-5,7-8,10-12,14H2,1-3H3/t16-/m0/s1. The number of nitrogens with zero attached hydrogens (tertiary/aromatic N) is 3. The molecule has 0 aromatic carbocycles. The van der Waals surface area contributed by atoms with Gasteiger partial charge in [0, 0.05) is 31.0 Å². The van der Waals surface area contributed by atoms with E-state index in [0.29, 0.717) is 38.4 Å². The molecule has 4 heterocycles. The first-order chi connectivity index (χ1) is 13.3. The van der Waals surface area contributed by atoms with Crippen molar-refractivity contribution in [3.63, 3.8) is 0 Å². The summed E-state index contributed by atoms with van der Waals surface area (Å²) in [6.07, 6.45) is 4.72. The van der Waals surface area contributed by atoms with Crippen LogP contribution in [-0.4, -0.2) is 53.8 Å². The quantitative estimate of drug-likeness (QED) is 0.779. The minimum absolute atomic E-state index is 0.0316. The lowest BCUT2D eigenvalue weighted by Gasteiger charge is -2.31. The van der Waals surface area contributed by atoms with E-state index < -0.39 is 11.0 Å². The van der Waals surface area contributed by atoms with Crippen LogP contribution in [0, 0.1) is 5.41 Å². The minimum atomic E-state index is -0.464. The molecule has 3 fully saturated rings. The first-order valence-electron chi connectivity index (χ1n) is 10.1. The molecule has 28 heavy (non-hydrogen) atoms. The molecule has 2 amide bonds. The van der Waals surface area contributed by atoms with Gasteiger partial charge in [0.05, 0.1) is 25.8 Å². The Hall–Kier alpha value is -2.15. The molecule has 3 saturated heterocycles. The van der Waals surface area contributed by atoms with Gasteiger partial charge in [-0.2, -0.15) is 0 Å². The van der Waals surface area contributed by atoms with E-state index in [0.717, 1.165) is 24.9 Å². The second kappa shape index (κ2) is 7.03. The number of likely N-dealkylation sites (tertiary alicyclic amines) is 1. The van der Waals surface area contributed by atoms with E-state index in [4.69, 9.17) is 9.47 Å². The SMILES string of the molecule is CC(C)(C)C(=O)N1CCC[C@H]1c1ccnc(N2CC3(CCOCC3)OC2=O)c1. The van der Waals surface area contributed by atoms with Crippen LogP contribution in [0.4, 0.5) is 10.6 Å². The number of ether oxygens (including phenoxy) is 2. The fraction of sp³-hybridized carbons (Fsp3) is 0.667. The average molecular weight is 387 g/mol. The predicted molar refractivity (Wildman–Crippen MR) is 104 cm³/mol. The normalized spacial score (nSPS) is 24.7. The van der Waals surface area contributed by atoms with Gasteiger partial charge in [0.15, 0.2) is 0 Å². The zero-order valence-corrected chi connectivity index (χ0v) is 16.9. The molecule has 7 nitrogen and oxygen atoms in total. The number of pyridine rings is 1. The second-order valence-electron chi connectivity index (χ2n) is 9.10. The lowest BCUT2D eigenvalue weighted by atomic mass is 9.93. The van der Waals surface area contributed by atoms with Gasteiger partial charge < -0.3 is 14.4 Å². The fourth-order valence-corrected chi connectivity index (χ4v) is 4.38. The van der Waals surface area contributed by atoms with Crippen molar-refractivity contribution in [3.8, 4) is 0 Å². The van der Waals surface area contributed by atoms with Crippen molar-refractivity contribution < 1.29 is 19.1 Å². The van der Waals surface area contributed by atoms with Gasteiger partial charge in [-0.3, -0.25) is 9.69 Å². The van der Waals surface area contributed by atoms with Crippen LogP contribution < -0.4 is 4.90 Å². The van der Waals surface area contributed by atoms with Gasteiger partial charge in [-0.1, -0.05) is 20.8 Å². The highest BCUT2D eigenvalue weighted by molar-refractivity contribution is 5.89. The maximum atomic E-state index is 12.9. The number of carbonyl (C=O) groups is 2. The molecule has 1 aromatic heterocycles. The van der Waals surface area contributed by atoms with Crippen molar-refractivity contribution in [2.24, 2.45) is 5.41 Å². The van der Waals surface area contributed by atoms with Crippen molar-refractivity contribution in [3.05, 3.63) is 23.9 Å². The van der Waals surface area contributed by atoms with Crippen LogP contribution in [0.15, 0.2) is 18.3 Å². The molecule has 1 aromatic rings. The third kappa shape index (κ3) is 3.48. The molecule has 0 bridgehead atoms. The van der Waals surface area contributed by atoms with Crippen LogP contribution in [0.2, 0.25) is 0 Å². The van der Waals surface area contributed by atoms with Gasteiger partial charge in [0.2, 0.25) is 5.91 Å². The smallest absolute Gasteiger partial charge is 0.416 e. The van der Waals surface area contributed by atoms with E-state index in [1.54, 1.807) is 11.1 Å². The minimum Gasteiger partial charge on any atom is -0.440 e. The molecule has 0 saturated carbocycles. The third-order valence-electron chi connectivity index (χ3n) is 5.96. The summed E-state index contributed by atoms with van der Waals surface area (Å²) in [6.45, 7) is 8.36. The maximum absolute atomic E-state index is 12.9. The molecule has 1 spiro atoms. The van der Waals surface area contributed by atoms with Crippen molar-refractivity contribution >= 4 is 17.8 Å². The Morgan fingerprint density at radius 1 is 1.29 bits per heavy atom. The molecule has 0 radical (unpaired) electrons. The van der Waals surface area contributed by atoms with Crippen molar-refractivity contribution in [1.82, 2.24) is 9.88 Å². The first kappa shape index (κ1) is 19.2. The Kier molecular flexibility index (Phi) is 4.81. The molecule has 0 aliphatic carbocycles. The van der Waals surface area contributed by atoms with Crippen LogP contribution in [0.25, 0.3) is 0 Å². The third-order valence-corrected chi connectivity index (χ3v) is 5.96. The van der Waals surface area contributed by atoms with Crippen molar-refractivity contribution in [2.45, 2.75) is 58.1 Å². The zero-order valence-electron chi connectivity index (χ0n) is 16.9. The summed E-state index contributed by atoms with van der Waals surface area (Å²) in [5.74, 6) is 0.760. The molecule has 152 valence electrons. The summed E-state index contributed by atoms with van der Waals surface area (Å²) >= 11 is 0. The number of carbonyl (C=O) groups excluding carboxylic acids is 2. The second-order valence-corrected chi connectivity index (χ2v) is 9.10. The van der Waals surface area contributed by atoms with E-state index in [1.807, 2.05) is 37.8 Å². The Morgan fingerprint density at radius 3 is 2.75 bits per heavy atom. The van der Waals surface area contributed by atoms with Crippen LogP contribution >= 0.6 is 0 Å².